The zero-order chi connectivity index (χ0) is 15.2. The molecule has 0 radical (unpaired) electrons. The second kappa shape index (κ2) is 7.52. The quantitative estimate of drug-likeness (QED) is 0.756. The molecule has 1 aromatic carbocycles. The van der Waals surface area contributed by atoms with E-state index in [1.165, 1.54) is 12.1 Å². The molecule has 0 aliphatic heterocycles. The van der Waals surface area contributed by atoms with Gasteiger partial charge < -0.3 is 5.11 Å². The summed E-state index contributed by atoms with van der Waals surface area (Å²) < 4.78 is 39.9. The lowest BCUT2D eigenvalue weighted by molar-refractivity contribution is 0.257. The van der Waals surface area contributed by atoms with Gasteiger partial charge in [-0.15, -0.1) is 0 Å². The van der Waals surface area contributed by atoms with Crippen LogP contribution >= 0.6 is 0 Å². The van der Waals surface area contributed by atoms with Crippen molar-refractivity contribution in [2.24, 2.45) is 0 Å². The van der Waals surface area contributed by atoms with E-state index < -0.39 is 27.6 Å². The molecule has 1 aromatic rings. The van der Waals surface area contributed by atoms with E-state index in [1.807, 2.05) is 6.92 Å². The predicted molar refractivity (Wildman–Crippen MR) is 77.2 cm³/mol. The van der Waals surface area contributed by atoms with Crippen LogP contribution in [0.1, 0.15) is 24.5 Å². The van der Waals surface area contributed by atoms with Crippen molar-refractivity contribution in [1.29, 1.82) is 0 Å². The summed E-state index contributed by atoms with van der Waals surface area (Å²) in [5.41, 5.74) is 0.851. The Hall–Kier alpha value is -1.24. The summed E-state index contributed by atoms with van der Waals surface area (Å²) in [5, 5.41) is 9.14. The average Bonchev–Trinajstić information content (AvgIpc) is 2.37. The van der Waals surface area contributed by atoms with Crippen LogP contribution in [0.2, 0.25) is 0 Å². The van der Waals surface area contributed by atoms with Crippen LogP contribution in [0.25, 0.3) is 0 Å². The van der Waals surface area contributed by atoms with Crippen LogP contribution in [0.3, 0.4) is 0 Å². The topological polar surface area (TPSA) is 66.4 Å². The van der Waals surface area contributed by atoms with Gasteiger partial charge >= 0.3 is 0 Å². The first-order valence-electron chi connectivity index (χ1n) is 6.35. The SMILES string of the molecule is C/C=C/CC(CO)NS(=O)(=O)Cc1ccc(C)cc1F. The molecule has 0 aliphatic rings. The molecule has 4 nitrogen and oxygen atoms in total. The van der Waals surface area contributed by atoms with Gasteiger partial charge in [0.15, 0.2) is 0 Å². The first-order valence-corrected chi connectivity index (χ1v) is 8.00. The lowest BCUT2D eigenvalue weighted by Gasteiger charge is -2.15. The van der Waals surface area contributed by atoms with E-state index in [1.54, 1.807) is 25.1 Å². The Morgan fingerprint density at radius 1 is 1.45 bits per heavy atom. The third-order valence-electron chi connectivity index (χ3n) is 2.78. The maximum Gasteiger partial charge on any atom is 0.216 e. The number of halogens is 1. The van der Waals surface area contributed by atoms with Crippen LogP contribution in [0.4, 0.5) is 4.39 Å². The third kappa shape index (κ3) is 5.40. The first kappa shape index (κ1) is 16.8. The number of hydrogen-bond acceptors (Lipinski definition) is 3. The summed E-state index contributed by atoms with van der Waals surface area (Å²) in [4.78, 5) is 0. The zero-order valence-corrected chi connectivity index (χ0v) is 12.5. The van der Waals surface area contributed by atoms with Gasteiger partial charge in [-0.3, -0.25) is 0 Å². The van der Waals surface area contributed by atoms with E-state index in [0.717, 1.165) is 5.56 Å². The first-order chi connectivity index (χ1) is 9.38. The average molecular weight is 301 g/mol. The van der Waals surface area contributed by atoms with Crippen molar-refractivity contribution in [3.8, 4) is 0 Å². The van der Waals surface area contributed by atoms with Crippen LogP contribution in [-0.2, 0) is 15.8 Å². The van der Waals surface area contributed by atoms with Crippen LogP contribution in [0, 0.1) is 12.7 Å². The highest BCUT2D eigenvalue weighted by Crippen LogP contribution is 2.13. The Morgan fingerprint density at radius 3 is 2.70 bits per heavy atom. The molecule has 20 heavy (non-hydrogen) atoms. The van der Waals surface area contributed by atoms with Crippen molar-refractivity contribution in [2.75, 3.05) is 6.61 Å². The second-order valence-corrected chi connectivity index (χ2v) is 6.41. The molecule has 0 aliphatic carbocycles. The van der Waals surface area contributed by atoms with Gasteiger partial charge in [-0.25, -0.2) is 17.5 Å². The molecule has 112 valence electrons. The molecule has 0 aromatic heterocycles. The van der Waals surface area contributed by atoms with Gasteiger partial charge in [-0.1, -0.05) is 24.3 Å². The number of aliphatic hydroxyl groups excluding tert-OH is 1. The number of hydrogen-bond donors (Lipinski definition) is 2. The van der Waals surface area contributed by atoms with E-state index >= 15 is 0 Å². The normalized spacial score (nSPS) is 13.8. The van der Waals surface area contributed by atoms with Crippen LogP contribution in [0.15, 0.2) is 30.4 Å². The molecule has 1 rings (SSSR count). The Balaban J connectivity index is 2.78. The van der Waals surface area contributed by atoms with Crippen molar-refractivity contribution in [2.45, 2.75) is 32.1 Å². The molecular weight excluding hydrogens is 281 g/mol. The molecule has 0 heterocycles. The van der Waals surface area contributed by atoms with Gasteiger partial charge in [-0.2, -0.15) is 0 Å². The number of rotatable bonds is 7. The monoisotopic (exact) mass is 301 g/mol. The number of nitrogens with one attached hydrogen (secondary N) is 1. The Labute approximate surface area is 119 Å². The summed E-state index contributed by atoms with van der Waals surface area (Å²) >= 11 is 0. The highest BCUT2D eigenvalue weighted by atomic mass is 32.2. The largest absolute Gasteiger partial charge is 0.395 e. The van der Waals surface area contributed by atoms with Gasteiger partial charge in [-0.05, 0) is 31.9 Å². The van der Waals surface area contributed by atoms with E-state index in [-0.39, 0.29) is 12.2 Å². The van der Waals surface area contributed by atoms with Gasteiger partial charge in [0.25, 0.3) is 0 Å². The van der Waals surface area contributed by atoms with Gasteiger partial charge in [0.05, 0.1) is 12.4 Å². The highest BCUT2D eigenvalue weighted by molar-refractivity contribution is 7.88. The van der Waals surface area contributed by atoms with Crippen LogP contribution < -0.4 is 4.72 Å². The fraction of sp³-hybridized carbons (Fsp3) is 0.429. The smallest absolute Gasteiger partial charge is 0.216 e. The number of aliphatic hydroxyl groups is 1. The van der Waals surface area contributed by atoms with E-state index in [4.69, 9.17) is 5.11 Å². The lowest BCUT2D eigenvalue weighted by atomic mass is 10.2. The Bertz CT molecular complexity index is 570. The third-order valence-corrected chi connectivity index (χ3v) is 4.16. The second-order valence-electron chi connectivity index (χ2n) is 4.66. The Kier molecular flexibility index (Phi) is 6.32. The Morgan fingerprint density at radius 2 is 2.15 bits per heavy atom. The number of sulfonamides is 1. The van der Waals surface area contributed by atoms with Crippen molar-refractivity contribution < 1.29 is 17.9 Å². The molecule has 0 bridgehead atoms. The van der Waals surface area contributed by atoms with Crippen LogP contribution in [0.5, 0.6) is 0 Å². The molecule has 1 atom stereocenters. The minimum absolute atomic E-state index is 0.117. The minimum atomic E-state index is -3.70. The summed E-state index contributed by atoms with van der Waals surface area (Å²) in [6, 6.07) is 3.83. The zero-order valence-electron chi connectivity index (χ0n) is 11.6. The molecular formula is C14H20FNO3S. The fourth-order valence-electron chi connectivity index (χ4n) is 1.73. The van der Waals surface area contributed by atoms with Gasteiger partial charge in [0.1, 0.15) is 5.82 Å². The summed E-state index contributed by atoms with van der Waals surface area (Å²) in [6.45, 7) is 3.24. The van der Waals surface area contributed by atoms with E-state index in [0.29, 0.717) is 6.42 Å². The predicted octanol–water partition coefficient (Wildman–Crippen LogP) is 1.88. The molecule has 0 saturated carbocycles. The van der Waals surface area contributed by atoms with Crippen molar-refractivity contribution in [3.05, 3.63) is 47.3 Å². The van der Waals surface area contributed by atoms with Crippen molar-refractivity contribution in [1.82, 2.24) is 4.72 Å². The van der Waals surface area contributed by atoms with Crippen molar-refractivity contribution in [3.63, 3.8) is 0 Å². The maximum absolute atomic E-state index is 13.6. The van der Waals surface area contributed by atoms with E-state index in [9.17, 15) is 12.8 Å². The lowest BCUT2D eigenvalue weighted by Crippen LogP contribution is -2.37. The van der Waals surface area contributed by atoms with Crippen molar-refractivity contribution >= 4 is 10.0 Å². The highest BCUT2D eigenvalue weighted by Gasteiger charge is 2.18. The molecule has 0 amide bonds. The number of benzene rings is 1. The maximum atomic E-state index is 13.6. The summed E-state index contributed by atoms with van der Waals surface area (Å²) in [7, 11) is -3.70. The van der Waals surface area contributed by atoms with Gasteiger partial charge in [0, 0.05) is 11.6 Å². The molecule has 6 heteroatoms. The molecule has 0 fully saturated rings. The number of allylic oxidation sites excluding steroid dienone is 1. The van der Waals surface area contributed by atoms with Gasteiger partial charge in [0.2, 0.25) is 10.0 Å². The van der Waals surface area contributed by atoms with E-state index in [2.05, 4.69) is 4.72 Å². The minimum Gasteiger partial charge on any atom is -0.395 e. The standard InChI is InChI=1S/C14H20FNO3S/c1-3-4-5-13(9-17)16-20(18,19)10-12-7-6-11(2)8-14(12)15/h3-4,6-8,13,16-17H,5,9-10H2,1-2H3/b4-3+. The molecule has 0 saturated heterocycles. The summed E-state index contributed by atoms with van der Waals surface area (Å²) in [6.07, 6.45) is 3.93. The summed E-state index contributed by atoms with van der Waals surface area (Å²) in [5.74, 6) is -0.977. The fourth-order valence-corrected chi connectivity index (χ4v) is 3.14. The molecule has 0 spiro atoms. The molecule has 2 N–H and O–H groups in total. The van der Waals surface area contributed by atoms with Crippen LogP contribution in [-0.4, -0.2) is 26.2 Å². The number of aryl methyl sites for hydroxylation is 1. The molecule has 1 unspecified atom stereocenters.